The number of carbonyl (C=O) groups is 1. The molecule has 11 heteroatoms. The Morgan fingerprint density at radius 3 is 2.47 bits per heavy atom. The van der Waals surface area contributed by atoms with Crippen molar-refractivity contribution in [3.05, 3.63) is 71.1 Å². The minimum atomic E-state index is -4.35. The summed E-state index contributed by atoms with van der Waals surface area (Å²) in [5.41, 5.74) is 5.54. The lowest BCUT2D eigenvalue weighted by Gasteiger charge is -2.10. The molecular formula is C25H24F3N7O. The van der Waals surface area contributed by atoms with E-state index in [1.165, 1.54) is 0 Å². The Hall–Kier alpha value is -4.02. The standard InChI is InChI=1S/C25H24F3N7O/c1-14-12-19(10-11-29-14)30-24(36)22-23(18-4-5-18)35(33-31-22)20-8-6-17(7-9-20)21-15(2)32-34(16(21)3)13-25(26,27)28/h6-12,18H,4-5,13H2,1-3H3,(H,29,30,36). The minimum absolute atomic E-state index is 0.185. The van der Waals surface area contributed by atoms with Gasteiger partial charge in [-0.3, -0.25) is 14.5 Å². The van der Waals surface area contributed by atoms with Crippen LogP contribution in [0.3, 0.4) is 0 Å². The van der Waals surface area contributed by atoms with Crippen LogP contribution >= 0.6 is 0 Å². The molecule has 0 unspecified atom stereocenters. The van der Waals surface area contributed by atoms with Crippen LogP contribution in [0.25, 0.3) is 16.8 Å². The summed E-state index contributed by atoms with van der Waals surface area (Å²) in [7, 11) is 0. The summed E-state index contributed by atoms with van der Waals surface area (Å²) in [5, 5.41) is 15.4. The summed E-state index contributed by atoms with van der Waals surface area (Å²) in [4.78, 5) is 17.1. The molecule has 3 heterocycles. The van der Waals surface area contributed by atoms with Crippen LogP contribution in [0.2, 0.25) is 0 Å². The van der Waals surface area contributed by atoms with E-state index >= 15 is 0 Å². The van der Waals surface area contributed by atoms with Crippen LogP contribution in [0.4, 0.5) is 18.9 Å². The molecule has 0 bridgehead atoms. The average Bonchev–Trinajstić information content (AvgIpc) is 3.49. The van der Waals surface area contributed by atoms with Crippen molar-refractivity contribution in [2.45, 2.75) is 52.3 Å². The first-order valence-electron chi connectivity index (χ1n) is 11.5. The van der Waals surface area contributed by atoms with Crippen molar-refractivity contribution in [2.75, 3.05) is 5.32 Å². The molecule has 4 aromatic rings. The van der Waals surface area contributed by atoms with E-state index in [-0.39, 0.29) is 17.5 Å². The van der Waals surface area contributed by atoms with Gasteiger partial charge in [0.2, 0.25) is 0 Å². The van der Waals surface area contributed by atoms with Gasteiger partial charge in [0.1, 0.15) is 6.54 Å². The highest BCUT2D eigenvalue weighted by atomic mass is 19.4. The van der Waals surface area contributed by atoms with Gasteiger partial charge in [-0.1, -0.05) is 17.3 Å². The Balaban J connectivity index is 1.44. The van der Waals surface area contributed by atoms with Crippen LogP contribution in [0.5, 0.6) is 0 Å². The SMILES string of the molecule is Cc1cc(NC(=O)c2nnn(-c3ccc(-c4c(C)nn(CC(F)(F)F)c4C)cc3)c2C2CC2)ccn1. The molecule has 0 aliphatic heterocycles. The first kappa shape index (κ1) is 23.7. The van der Waals surface area contributed by atoms with E-state index in [0.29, 0.717) is 28.3 Å². The first-order chi connectivity index (χ1) is 17.1. The molecule has 1 saturated carbocycles. The van der Waals surface area contributed by atoms with Gasteiger partial charge in [0.15, 0.2) is 5.69 Å². The largest absolute Gasteiger partial charge is 0.408 e. The Kier molecular flexibility index (Phi) is 5.85. The van der Waals surface area contributed by atoms with Gasteiger partial charge in [-0.15, -0.1) is 5.10 Å². The van der Waals surface area contributed by atoms with Gasteiger partial charge >= 0.3 is 6.18 Å². The number of amides is 1. The summed E-state index contributed by atoms with van der Waals surface area (Å²) in [5.74, 6) is -0.154. The fourth-order valence-electron chi connectivity index (χ4n) is 4.39. The second-order valence-electron chi connectivity index (χ2n) is 9.01. The van der Waals surface area contributed by atoms with Crippen molar-refractivity contribution in [1.82, 2.24) is 29.8 Å². The maximum absolute atomic E-state index is 13.0. The van der Waals surface area contributed by atoms with E-state index in [1.54, 1.807) is 36.9 Å². The molecule has 1 aromatic carbocycles. The molecule has 0 radical (unpaired) electrons. The molecule has 1 aliphatic carbocycles. The van der Waals surface area contributed by atoms with Gasteiger partial charge in [0.25, 0.3) is 5.91 Å². The topological polar surface area (TPSA) is 90.5 Å². The van der Waals surface area contributed by atoms with Gasteiger partial charge in [0.05, 0.1) is 17.1 Å². The monoisotopic (exact) mass is 495 g/mol. The predicted octanol–water partition coefficient (Wildman–Crippen LogP) is 5.14. The molecule has 8 nitrogen and oxygen atoms in total. The molecule has 3 aromatic heterocycles. The van der Waals surface area contributed by atoms with E-state index in [2.05, 4.69) is 25.7 Å². The fourth-order valence-corrected chi connectivity index (χ4v) is 4.39. The number of anilines is 1. The van der Waals surface area contributed by atoms with Crippen LogP contribution in [0.15, 0.2) is 42.6 Å². The van der Waals surface area contributed by atoms with Crippen molar-refractivity contribution in [2.24, 2.45) is 0 Å². The molecular weight excluding hydrogens is 471 g/mol. The number of carbonyl (C=O) groups excluding carboxylic acids is 1. The lowest BCUT2D eigenvalue weighted by atomic mass is 10.0. The Morgan fingerprint density at radius 1 is 1.11 bits per heavy atom. The molecule has 186 valence electrons. The van der Waals surface area contributed by atoms with Crippen molar-refractivity contribution in [3.63, 3.8) is 0 Å². The van der Waals surface area contributed by atoms with Gasteiger partial charge in [-0.25, -0.2) is 4.68 Å². The van der Waals surface area contributed by atoms with E-state index in [9.17, 15) is 18.0 Å². The second kappa shape index (κ2) is 8.89. The van der Waals surface area contributed by atoms with E-state index in [0.717, 1.165) is 34.5 Å². The number of aryl methyl sites for hydroxylation is 2. The van der Waals surface area contributed by atoms with E-state index in [1.807, 2.05) is 31.2 Å². The smallest absolute Gasteiger partial charge is 0.320 e. The zero-order chi connectivity index (χ0) is 25.6. The minimum Gasteiger partial charge on any atom is -0.320 e. The number of hydrogen-bond acceptors (Lipinski definition) is 5. The molecule has 1 amide bonds. The van der Waals surface area contributed by atoms with Gasteiger partial charge < -0.3 is 5.32 Å². The van der Waals surface area contributed by atoms with Crippen molar-refractivity contribution in [1.29, 1.82) is 0 Å². The number of hydrogen-bond donors (Lipinski definition) is 1. The maximum atomic E-state index is 13.0. The first-order valence-corrected chi connectivity index (χ1v) is 11.5. The van der Waals surface area contributed by atoms with Crippen molar-refractivity contribution in [3.8, 4) is 16.8 Å². The zero-order valence-electron chi connectivity index (χ0n) is 20.0. The predicted molar refractivity (Wildman–Crippen MR) is 127 cm³/mol. The normalized spacial score (nSPS) is 13.7. The van der Waals surface area contributed by atoms with Crippen molar-refractivity contribution >= 4 is 11.6 Å². The number of aromatic nitrogens is 6. The van der Waals surface area contributed by atoms with Crippen LogP contribution < -0.4 is 5.32 Å². The molecule has 1 fully saturated rings. The second-order valence-corrected chi connectivity index (χ2v) is 9.01. The highest BCUT2D eigenvalue weighted by Crippen LogP contribution is 2.42. The Bertz CT molecular complexity index is 1430. The summed E-state index contributed by atoms with van der Waals surface area (Å²) >= 11 is 0. The van der Waals surface area contributed by atoms with Gasteiger partial charge in [-0.05, 0) is 63.4 Å². The lowest BCUT2D eigenvalue weighted by molar-refractivity contribution is -0.142. The number of rotatable bonds is 6. The summed E-state index contributed by atoms with van der Waals surface area (Å²) in [6, 6.07) is 10.8. The molecule has 36 heavy (non-hydrogen) atoms. The average molecular weight is 496 g/mol. The number of pyridine rings is 1. The number of nitrogens with zero attached hydrogens (tertiary/aromatic N) is 6. The molecule has 0 spiro atoms. The van der Waals surface area contributed by atoms with Gasteiger partial charge in [-0.2, -0.15) is 18.3 Å². The third-order valence-electron chi connectivity index (χ3n) is 6.15. The van der Waals surface area contributed by atoms with Gasteiger partial charge in [0, 0.05) is 34.8 Å². The fraction of sp³-hybridized carbons (Fsp3) is 0.320. The Morgan fingerprint density at radius 2 is 1.83 bits per heavy atom. The van der Waals surface area contributed by atoms with Crippen LogP contribution in [-0.4, -0.2) is 41.8 Å². The maximum Gasteiger partial charge on any atom is 0.408 e. The number of nitrogens with one attached hydrogen (secondary N) is 1. The van der Waals surface area contributed by atoms with E-state index in [4.69, 9.17) is 0 Å². The Labute approximate surface area is 205 Å². The highest BCUT2D eigenvalue weighted by molar-refractivity contribution is 6.03. The van der Waals surface area contributed by atoms with Crippen LogP contribution in [-0.2, 0) is 6.54 Å². The summed E-state index contributed by atoms with van der Waals surface area (Å²) in [6.07, 6.45) is -0.841. The third kappa shape index (κ3) is 4.73. The van der Waals surface area contributed by atoms with Crippen LogP contribution in [0, 0.1) is 20.8 Å². The highest BCUT2D eigenvalue weighted by Gasteiger charge is 2.34. The molecule has 0 saturated heterocycles. The number of alkyl halides is 3. The molecule has 1 N–H and O–H groups in total. The zero-order valence-corrected chi connectivity index (χ0v) is 20.0. The lowest BCUT2D eigenvalue weighted by Crippen LogP contribution is -2.19. The van der Waals surface area contributed by atoms with Crippen molar-refractivity contribution < 1.29 is 18.0 Å². The number of benzene rings is 1. The summed E-state index contributed by atoms with van der Waals surface area (Å²) in [6.45, 7) is 4.04. The van der Waals surface area contributed by atoms with Crippen LogP contribution in [0.1, 0.15) is 52.0 Å². The molecule has 1 aliphatic rings. The molecule has 5 rings (SSSR count). The number of halogens is 3. The third-order valence-corrected chi connectivity index (χ3v) is 6.15. The summed E-state index contributed by atoms with van der Waals surface area (Å²) < 4.78 is 41.4. The van der Waals surface area contributed by atoms with E-state index < -0.39 is 12.7 Å². The molecule has 0 atom stereocenters. The quantitative estimate of drug-likeness (QED) is 0.400.